The molecule has 0 aromatic heterocycles. The Morgan fingerprint density at radius 3 is 2.45 bits per heavy atom. The molecule has 0 bridgehead atoms. The highest BCUT2D eigenvalue weighted by Gasteiger charge is 2.35. The molecule has 0 radical (unpaired) electrons. The number of halogens is 2. The third-order valence-electron chi connectivity index (χ3n) is 3.37. The van der Waals surface area contributed by atoms with Crippen LogP contribution in [0.5, 0.6) is 0 Å². The number of nitrogen functional groups attached to an aromatic ring is 1. The van der Waals surface area contributed by atoms with Crippen molar-refractivity contribution in [3.63, 3.8) is 0 Å². The van der Waals surface area contributed by atoms with Crippen molar-refractivity contribution < 1.29 is 13.5 Å². The summed E-state index contributed by atoms with van der Waals surface area (Å²) in [6.07, 6.45) is 2.26. The Balaban J connectivity index is 2.49. The summed E-state index contributed by atoms with van der Waals surface area (Å²) in [6, 6.07) is 2.29. The molecule has 1 saturated heterocycles. The second-order valence-electron chi connectivity index (χ2n) is 4.76. The molecular formula is C12H16Cl2N2O3S. The van der Waals surface area contributed by atoms with Crippen molar-refractivity contribution in [2.75, 3.05) is 18.9 Å². The van der Waals surface area contributed by atoms with Gasteiger partial charge in [-0.05, 0) is 25.0 Å². The Hall–Kier alpha value is -0.530. The number of hydrogen-bond acceptors (Lipinski definition) is 4. The van der Waals surface area contributed by atoms with Gasteiger partial charge in [0.15, 0.2) is 0 Å². The summed E-state index contributed by atoms with van der Waals surface area (Å²) >= 11 is 12.0. The maximum Gasteiger partial charge on any atom is 0.246 e. The van der Waals surface area contributed by atoms with Crippen LogP contribution in [0.4, 0.5) is 5.69 Å². The van der Waals surface area contributed by atoms with Crippen molar-refractivity contribution in [1.82, 2.24) is 4.31 Å². The first-order chi connectivity index (χ1) is 9.37. The van der Waals surface area contributed by atoms with Crippen LogP contribution in [0, 0.1) is 0 Å². The zero-order valence-corrected chi connectivity index (χ0v) is 13.0. The molecule has 0 saturated carbocycles. The van der Waals surface area contributed by atoms with E-state index in [1.54, 1.807) is 0 Å². The molecule has 112 valence electrons. The molecule has 0 amide bonds. The molecule has 1 atom stereocenters. The van der Waals surface area contributed by atoms with Crippen LogP contribution in [0.15, 0.2) is 17.0 Å². The van der Waals surface area contributed by atoms with Gasteiger partial charge in [-0.1, -0.05) is 29.6 Å². The summed E-state index contributed by atoms with van der Waals surface area (Å²) in [7, 11) is -3.85. The molecule has 1 aromatic rings. The number of nitrogens with zero attached hydrogens (tertiary/aromatic N) is 1. The Morgan fingerprint density at radius 2 is 1.90 bits per heavy atom. The van der Waals surface area contributed by atoms with E-state index in [2.05, 4.69) is 0 Å². The van der Waals surface area contributed by atoms with Gasteiger partial charge in [-0.25, -0.2) is 8.42 Å². The van der Waals surface area contributed by atoms with Gasteiger partial charge < -0.3 is 10.8 Å². The first-order valence-corrected chi connectivity index (χ1v) is 8.44. The zero-order valence-electron chi connectivity index (χ0n) is 10.7. The maximum atomic E-state index is 12.7. The fourth-order valence-electron chi connectivity index (χ4n) is 2.42. The predicted octanol–water partition coefficient (Wildman–Crippen LogP) is 2.11. The minimum atomic E-state index is -3.85. The number of benzene rings is 1. The quantitative estimate of drug-likeness (QED) is 0.826. The van der Waals surface area contributed by atoms with E-state index >= 15 is 0 Å². The molecule has 1 aliphatic rings. The van der Waals surface area contributed by atoms with Gasteiger partial charge in [0.2, 0.25) is 10.0 Å². The van der Waals surface area contributed by atoms with Crippen molar-refractivity contribution in [3.05, 3.63) is 22.2 Å². The molecule has 0 aliphatic carbocycles. The molecule has 2 rings (SSSR count). The Kier molecular flexibility index (Phi) is 4.81. The van der Waals surface area contributed by atoms with E-state index in [-0.39, 0.29) is 21.5 Å². The van der Waals surface area contributed by atoms with Crippen LogP contribution >= 0.6 is 23.2 Å². The van der Waals surface area contributed by atoms with Gasteiger partial charge in [-0.15, -0.1) is 0 Å². The number of aliphatic hydroxyl groups excluding tert-OH is 1. The predicted molar refractivity (Wildman–Crippen MR) is 79.5 cm³/mol. The lowest BCUT2D eigenvalue weighted by Gasteiger charge is -2.33. The summed E-state index contributed by atoms with van der Waals surface area (Å²) in [6.45, 7) is 0.133. The number of aliphatic hydroxyl groups is 1. The first-order valence-electron chi connectivity index (χ1n) is 6.25. The smallest absolute Gasteiger partial charge is 0.246 e. The first kappa shape index (κ1) is 15.9. The number of sulfonamides is 1. The minimum absolute atomic E-state index is 0.00253. The topological polar surface area (TPSA) is 83.6 Å². The lowest BCUT2D eigenvalue weighted by molar-refractivity contribution is 0.155. The van der Waals surface area contributed by atoms with Crippen LogP contribution in [-0.2, 0) is 10.0 Å². The van der Waals surface area contributed by atoms with E-state index in [1.807, 2.05) is 0 Å². The van der Waals surface area contributed by atoms with Crippen LogP contribution in [-0.4, -0.2) is 37.0 Å². The van der Waals surface area contributed by atoms with Crippen molar-refractivity contribution in [2.24, 2.45) is 0 Å². The summed E-state index contributed by atoms with van der Waals surface area (Å²) < 4.78 is 26.7. The van der Waals surface area contributed by atoms with Crippen LogP contribution in [0.25, 0.3) is 0 Å². The molecule has 1 aliphatic heterocycles. The standard InChI is InChI=1S/C12H16Cl2N2O3S/c13-10-5-8(15)6-11(14)12(10)20(18,19)16-4-2-1-3-9(16)7-17/h5-6,9,17H,1-4,7,15H2. The fraction of sp³-hybridized carbons (Fsp3) is 0.500. The number of nitrogens with two attached hydrogens (primary N) is 1. The van der Waals surface area contributed by atoms with E-state index in [9.17, 15) is 13.5 Å². The SMILES string of the molecule is Nc1cc(Cl)c(S(=O)(=O)N2CCCCC2CO)c(Cl)c1. The third kappa shape index (κ3) is 2.89. The normalized spacial score (nSPS) is 21.1. The average molecular weight is 339 g/mol. The van der Waals surface area contributed by atoms with Gasteiger partial charge in [-0.2, -0.15) is 4.31 Å². The molecule has 1 unspecified atom stereocenters. The van der Waals surface area contributed by atoms with Crippen LogP contribution < -0.4 is 5.73 Å². The fourth-order valence-corrected chi connectivity index (χ4v) is 5.28. The van der Waals surface area contributed by atoms with E-state index in [4.69, 9.17) is 28.9 Å². The van der Waals surface area contributed by atoms with Crippen molar-refractivity contribution in [3.8, 4) is 0 Å². The number of rotatable bonds is 3. The summed E-state index contributed by atoms with van der Waals surface area (Å²) in [5.41, 5.74) is 5.89. The molecular weight excluding hydrogens is 323 g/mol. The highest BCUT2D eigenvalue weighted by molar-refractivity contribution is 7.89. The van der Waals surface area contributed by atoms with E-state index in [0.717, 1.165) is 12.8 Å². The maximum absolute atomic E-state index is 12.7. The molecule has 1 fully saturated rings. The van der Waals surface area contributed by atoms with Crippen molar-refractivity contribution >= 4 is 38.9 Å². The molecule has 1 heterocycles. The number of anilines is 1. The average Bonchev–Trinajstić information content (AvgIpc) is 2.37. The van der Waals surface area contributed by atoms with Gasteiger partial charge >= 0.3 is 0 Å². The van der Waals surface area contributed by atoms with E-state index < -0.39 is 16.1 Å². The van der Waals surface area contributed by atoms with Gasteiger partial charge in [0.25, 0.3) is 0 Å². The van der Waals surface area contributed by atoms with E-state index in [0.29, 0.717) is 18.7 Å². The summed E-state index contributed by atoms with van der Waals surface area (Å²) in [5.74, 6) is 0. The largest absolute Gasteiger partial charge is 0.399 e. The van der Waals surface area contributed by atoms with Gasteiger partial charge in [0, 0.05) is 18.3 Å². The number of piperidine rings is 1. The second-order valence-corrected chi connectivity index (χ2v) is 7.40. The molecule has 1 aromatic carbocycles. The Morgan fingerprint density at radius 1 is 1.30 bits per heavy atom. The van der Waals surface area contributed by atoms with Crippen LogP contribution in [0.1, 0.15) is 19.3 Å². The van der Waals surface area contributed by atoms with Gasteiger partial charge in [0.1, 0.15) is 4.90 Å². The molecule has 3 N–H and O–H groups in total. The van der Waals surface area contributed by atoms with Gasteiger partial charge in [-0.3, -0.25) is 0 Å². The monoisotopic (exact) mass is 338 g/mol. The van der Waals surface area contributed by atoms with Crippen molar-refractivity contribution in [2.45, 2.75) is 30.2 Å². The van der Waals surface area contributed by atoms with E-state index in [1.165, 1.54) is 16.4 Å². The van der Waals surface area contributed by atoms with Crippen LogP contribution in [0.2, 0.25) is 10.0 Å². The molecule has 8 heteroatoms. The van der Waals surface area contributed by atoms with Crippen LogP contribution in [0.3, 0.4) is 0 Å². The Bertz CT molecular complexity index is 584. The summed E-state index contributed by atoms with van der Waals surface area (Å²) in [4.78, 5) is -0.143. The van der Waals surface area contributed by atoms with Crippen molar-refractivity contribution in [1.29, 1.82) is 0 Å². The lowest BCUT2D eigenvalue weighted by Crippen LogP contribution is -2.45. The molecule has 20 heavy (non-hydrogen) atoms. The number of hydrogen-bond donors (Lipinski definition) is 2. The third-order valence-corrected chi connectivity index (χ3v) is 6.25. The highest BCUT2D eigenvalue weighted by atomic mass is 35.5. The second kappa shape index (κ2) is 6.07. The zero-order chi connectivity index (χ0) is 14.9. The minimum Gasteiger partial charge on any atom is -0.399 e. The molecule has 5 nitrogen and oxygen atoms in total. The highest BCUT2D eigenvalue weighted by Crippen LogP contribution is 2.36. The molecule has 0 spiro atoms. The Labute approximate surface area is 128 Å². The van der Waals surface area contributed by atoms with Gasteiger partial charge in [0.05, 0.1) is 16.7 Å². The summed E-state index contributed by atoms with van der Waals surface area (Å²) in [5, 5.41) is 9.36. The lowest BCUT2D eigenvalue weighted by atomic mass is 10.1.